The van der Waals surface area contributed by atoms with Crippen molar-refractivity contribution in [1.29, 1.82) is 0 Å². The standard InChI is InChI=1S/C18H22N2O4/c1-13-7-3-5-9-15(13)11-24-18(22)20-16-12-23-17(19-16)10-6-4-8-14(2)21/h3,5,7,9,12H,4,6,8,10-11H2,1-2H3,(H,20,22). The van der Waals surface area contributed by atoms with Gasteiger partial charge in [-0.05, 0) is 37.8 Å². The molecule has 2 rings (SSSR count). The number of Topliss-reactive ketones (excluding diaryl/α,β-unsaturated/α-hetero) is 1. The maximum atomic E-state index is 11.8. The molecule has 0 aliphatic rings. The van der Waals surface area contributed by atoms with Gasteiger partial charge in [-0.1, -0.05) is 24.3 Å². The Labute approximate surface area is 141 Å². The molecule has 1 aromatic heterocycles. The first kappa shape index (κ1) is 17.7. The van der Waals surface area contributed by atoms with E-state index < -0.39 is 6.09 Å². The summed E-state index contributed by atoms with van der Waals surface area (Å²) in [5.74, 6) is 1.04. The molecule has 0 spiro atoms. The van der Waals surface area contributed by atoms with E-state index in [4.69, 9.17) is 9.15 Å². The molecule has 128 valence electrons. The van der Waals surface area contributed by atoms with Crippen molar-refractivity contribution in [2.75, 3.05) is 5.32 Å². The zero-order chi connectivity index (χ0) is 17.4. The zero-order valence-corrected chi connectivity index (χ0v) is 14.0. The maximum absolute atomic E-state index is 11.8. The quantitative estimate of drug-likeness (QED) is 0.739. The van der Waals surface area contributed by atoms with E-state index in [9.17, 15) is 9.59 Å². The predicted octanol–water partition coefficient (Wildman–Crippen LogP) is 4.03. The summed E-state index contributed by atoms with van der Waals surface area (Å²) in [7, 11) is 0. The number of anilines is 1. The fraction of sp³-hybridized carbons (Fsp3) is 0.389. The Bertz CT molecular complexity index is 694. The van der Waals surface area contributed by atoms with Crippen LogP contribution >= 0.6 is 0 Å². The molecule has 1 N–H and O–H groups in total. The Morgan fingerprint density at radius 3 is 2.79 bits per heavy atom. The average molecular weight is 330 g/mol. The molecule has 1 aromatic carbocycles. The summed E-state index contributed by atoms with van der Waals surface area (Å²) in [6.45, 7) is 3.75. The third-order valence-corrected chi connectivity index (χ3v) is 3.57. The molecule has 0 bridgehead atoms. The average Bonchev–Trinajstić information content (AvgIpc) is 2.98. The van der Waals surface area contributed by atoms with E-state index in [1.54, 1.807) is 6.92 Å². The number of unbranched alkanes of at least 4 members (excludes halogenated alkanes) is 1. The minimum absolute atomic E-state index is 0.182. The van der Waals surface area contributed by atoms with Gasteiger partial charge in [0.25, 0.3) is 0 Å². The maximum Gasteiger partial charge on any atom is 0.413 e. The number of ketones is 1. The number of hydrogen-bond acceptors (Lipinski definition) is 5. The fourth-order valence-electron chi connectivity index (χ4n) is 2.19. The third-order valence-electron chi connectivity index (χ3n) is 3.57. The van der Waals surface area contributed by atoms with E-state index in [2.05, 4.69) is 10.3 Å². The molecule has 0 aliphatic carbocycles. The van der Waals surface area contributed by atoms with Crippen molar-refractivity contribution in [1.82, 2.24) is 4.98 Å². The van der Waals surface area contributed by atoms with E-state index in [-0.39, 0.29) is 12.4 Å². The summed E-state index contributed by atoms with van der Waals surface area (Å²) >= 11 is 0. The number of benzene rings is 1. The van der Waals surface area contributed by atoms with Gasteiger partial charge in [-0.3, -0.25) is 5.32 Å². The van der Waals surface area contributed by atoms with Crippen LogP contribution in [0.1, 0.15) is 43.2 Å². The molecule has 1 amide bonds. The molecule has 24 heavy (non-hydrogen) atoms. The molecule has 0 atom stereocenters. The normalized spacial score (nSPS) is 10.4. The molecular weight excluding hydrogens is 308 g/mol. The Morgan fingerprint density at radius 1 is 1.25 bits per heavy atom. The number of ether oxygens (including phenoxy) is 1. The third kappa shape index (κ3) is 5.87. The fourth-order valence-corrected chi connectivity index (χ4v) is 2.19. The Hall–Kier alpha value is -2.63. The summed E-state index contributed by atoms with van der Waals surface area (Å²) in [6, 6.07) is 7.72. The number of carbonyl (C=O) groups is 2. The minimum Gasteiger partial charge on any atom is -0.447 e. The SMILES string of the molecule is CC(=O)CCCCc1nc(NC(=O)OCc2ccccc2C)co1. The van der Waals surface area contributed by atoms with Gasteiger partial charge in [0.2, 0.25) is 0 Å². The smallest absolute Gasteiger partial charge is 0.413 e. The van der Waals surface area contributed by atoms with Gasteiger partial charge in [-0.25, -0.2) is 4.79 Å². The van der Waals surface area contributed by atoms with Crippen molar-refractivity contribution >= 4 is 17.7 Å². The topological polar surface area (TPSA) is 81.4 Å². The highest BCUT2D eigenvalue weighted by atomic mass is 16.5. The molecular formula is C18H22N2O4. The first-order chi connectivity index (χ1) is 11.5. The van der Waals surface area contributed by atoms with Gasteiger partial charge in [0, 0.05) is 12.8 Å². The van der Waals surface area contributed by atoms with Crippen LogP contribution < -0.4 is 5.32 Å². The van der Waals surface area contributed by atoms with Gasteiger partial charge in [-0.2, -0.15) is 4.98 Å². The first-order valence-electron chi connectivity index (χ1n) is 7.96. The number of nitrogens with zero attached hydrogens (tertiary/aromatic N) is 1. The number of nitrogens with one attached hydrogen (secondary N) is 1. The number of carbonyl (C=O) groups excluding carboxylic acids is 2. The van der Waals surface area contributed by atoms with Gasteiger partial charge in [-0.15, -0.1) is 0 Å². The summed E-state index contributed by atoms with van der Waals surface area (Å²) in [5, 5.41) is 2.54. The lowest BCUT2D eigenvalue weighted by atomic mass is 10.1. The van der Waals surface area contributed by atoms with Crippen LogP contribution in [0.3, 0.4) is 0 Å². The second-order valence-corrected chi connectivity index (χ2v) is 5.66. The number of hydrogen-bond donors (Lipinski definition) is 1. The second kappa shape index (κ2) is 8.86. The number of aryl methyl sites for hydroxylation is 2. The van der Waals surface area contributed by atoms with E-state index in [0.29, 0.717) is 24.6 Å². The van der Waals surface area contributed by atoms with Gasteiger partial charge >= 0.3 is 6.09 Å². The largest absolute Gasteiger partial charge is 0.447 e. The second-order valence-electron chi connectivity index (χ2n) is 5.66. The lowest BCUT2D eigenvalue weighted by molar-refractivity contribution is -0.117. The molecule has 6 heteroatoms. The van der Waals surface area contributed by atoms with Crippen LogP contribution in [0, 0.1) is 6.92 Å². The van der Waals surface area contributed by atoms with Crippen LogP contribution in [0.4, 0.5) is 10.6 Å². The highest BCUT2D eigenvalue weighted by Crippen LogP contribution is 2.12. The van der Waals surface area contributed by atoms with Crippen molar-refractivity contribution in [3.8, 4) is 0 Å². The monoisotopic (exact) mass is 330 g/mol. The van der Waals surface area contributed by atoms with Crippen molar-refractivity contribution < 1.29 is 18.7 Å². The lowest BCUT2D eigenvalue weighted by Crippen LogP contribution is -2.14. The first-order valence-corrected chi connectivity index (χ1v) is 7.96. The molecule has 0 aliphatic heterocycles. The molecule has 1 heterocycles. The van der Waals surface area contributed by atoms with Crippen LogP contribution in [-0.4, -0.2) is 16.9 Å². The van der Waals surface area contributed by atoms with E-state index in [1.165, 1.54) is 6.26 Å². The Morgan fingerprint density at radius 2 is 2.04 bits per heavy atom. The molecule has 6 nitrogen and oxygen atoms in total. The van der Waals surface area contributed by atoms with Crippen LogP contribution in [-0.2, 0) is 22.6 Å². The van der Waals surface area contributed by atoms with Crippen LogP contribution in [0.15, 0.2) is 34.9 Å². The van der Waals surface area contributed by atoms with Gasteiger partial charge in [0.15, 0.2) is 11.7 Å². The Balaban J connectivity index is 1.74. The number of aromatic nitrogens is 1. The minimum atomic E-state index is -0.574. The summed E-state index contributed by atoms with van der Waals surface area (Å²) in [6.07, 6.45) is 3.63. The van der Waals surface area contributed by atoms with Crippen molar-refractivity contribution in [2.24, 2.45) is 0 Å². The van der Waals surface area contributed by atoms with E-state index >= 15 is 0 Å². The summed E-state index contributed by atoms with van der Waals surface area (Å²) < 4.78 is 10.5. The summed E-state index contributed by atoms with van der Waals surface area (Å²) in [5.41, 5.74) is 2.03. The summed E-state index contributed by atoms with van der Waals surface area (Å²) in [4.78, 5) is 26.8. The molecule has 0 saturated carbocycles. The van der Waals surface area contributed by atoms with Crippen molar-refractivity contribution in [2.45, 2.75) is 46.1 Å². The number of oxazole rings is 1. The van der Waals surface area contributed by atoms with Crippen LogP contribution in [0.5, 0.6) is 0 Å². The van der Waals surface area contributed by atoms with E-state index in [0.717, 1.165) is 24.0 Å². The molecule has 2 aromatic rings. The highest BCUT2D eigenvalue weighted by molar-refractivity contribution is 5.83. The lowest BCUT2D eigenvalue weighted by Gasteiger charge is -2.07. The van der Waals surface area contributed by atoms with Crippen molar-refractivity contribution in [3.05, 3.63) is 47.5 Å². The van der Waals surface area contributed by atoms with Crippen molar-refractivity contribution in [3.63, 3.8) is 0 Å². The number of rotatable bonds is 8. The number of amides is 1. The Kier molecular flexibility index (Phi) is 6.54. The van der Waals surface area contributed by atoms with Gasteiger partial charge in [0.1, 0.15) is 18.7 Å². The predicted molar refractivity (Wildman–Crippen MR) is 89.7 cm³/mol. The van der Waals surface area contributed by atoms with Gasteiger partial charge < -0.3 is 13.9 Å². The highest BCUT2D eigenvalue weighted by Gasteiger charge is 2.09. The molecule has 0 saturated heterocycles. The van der Waals surface area contributed by atoms with Crippen LogP contribution in [0.2, 0.25) is 0 Å². The molecule has 0 unspecified atom stereocenters. The zero-order valence-electron chi connectivity index (χ0n) is 14.0. The van der Waals surface area contributed by atoms with Crippen LogP contribution in [0.25, 0.3) is 0 Å². The molecule has 0 fully saturated rings. The van der Waals surface area contributed by atoms with Gasteiger partial charge in [0.05, 0.1) is 0 Å². The van der Waals surface area contributed by atoms with E-state index in [1.807, 2.05) is 31.2 Å². The molecule has 0 radical (unpaired) electrons.